The van der Waals surface area contributed by atoms with Crippen molar-refractivity contribution in [3.63, 3.8) is 0 Å². The van der Waals surface area contributed by atoms with Crippen LogP contribution in [0.5, 0.6) is 0 Å². The predicted molar refractivity (Wildman–Crippen MR) is 91.4 cm³/mol. The predicted octanol–water partition coefficient (Wildman–Crippen LogP) is 3.84. The van der Waals surface area contributed by atoms with Crippen molar-refractivity contribution in [1.82, 2.24) is 5.32 Å². The zero-order valence-electron chi connectivity index (χ0n) is 12.8. The molecule has 0 aliphatic rings. The summed E-state index contributed by atoms with van der Waals surface area (Å²) in [7, 11) is -4.46. The van der Waals surface area contributed by atoms with Gasteiger partial charge in [0.05, 0.1) is 12.3 Å². The third kappa shape index (κ3) is 3.83. The largest absolute Gasteiger partial charge is 0.467 e. The van der Waals surface area contributed by atoms with E-state index in [1.54, 1.807) is 12.1 Å². The summed E-state index contributed by atoms with van der Waals surface area (Å²) in [6, 6.07) is 21.9. The summed E-state index contributed by atoms with van der Waals surface area (Å²) in [6.07, 6.45) is 1.40. The molecule has 5 nitrogen and oxygen atoms in total. The molecule has 6 heteroatoms. The third-order valence-corrected chi connectivity index (χ3v) is 4.82. The maximum absolute atomic E-state index is 12.0. The molecular formula is C18H18NO4P. The lowest BCUT2D eigenvalue weighted by Crippen LogP contribution is -2.27. The normalized spacial score (nSPS) is 13.1. The summed E-state index contributed by atoms with van der Waals surface area (Å²) in [6.45, 7) is 0. The molecule has 0 saturated heterocycles. The Morgan fingerprint density at radius 2 is 1.38 bits per heavy atom. The molecule has 1 atom stereocenters. The van der Waals surface area contributed by atoms with Gasteiger partial charge >= 0.3 is 7.60 Å². The molecule has 1 unspecified atom stereocenters. The molecule has 1 heterocycles. The maximum Gasteiger partial charge on any atom is 0.350 e. The monoisotopic (exact) mass is 343 g/mol. The lowest BCUT2D eigenvalue weighted by atomic mass is 9.98. The van der Waals surface area contributed by atoms with Gasteiger partial charge in [-0.3, -0.25) is 9.88 Å². The number of hydrogen-bond acceptors (Lipinski definition) is 3. The number of rotatable bonds is 6. The first kappa shape index (κ1) is 16.7. The first-order valence-corrected chi connectivity index (χ1v) is 9.18. The van der Waals surface area contributed by atoms with Gasteiger partial charge in [-0.05, 0) is 23.3 Å². The van der Waals surface area contributed by atoms with E-state index in [1.807, 2.05) is 60.7 Å². The van der Waals surface area contributed by atoms with Crippen LogP contribution in [-0.4, -0.2) is 9.79 Å². The van der Waals surface area contributed by atoms with Crippen LogP contribution in [0.4, 0.5) is 0 Å². The van der Waals surface area contributed by atoms with Gasteiger partial charge in [0.15, 0.2) is 5.78 Å². The highest BCUT2D eigenvalue weighted by atomic mass is 31.2. The zero-order chi connectivity index (χ0) is 17.0. The Morgan fingerprint density at radius 1 is 0.833 bits per heavy atom. The topological polar surface area (TPSA) is 82.7 Å². The van der Waals surface area contributed by atoms with E-state index in [4.69, 9.17) is 4.42 Å². The molecule has 3 rings (SSSR count). The lowest BCUT2D eigenvalue weighted by Gasteiger charge is -2.26. The van der Waals surface area contributed by atoms with E-state index < -0.39 is 13.4 Å². The summed E-state index contributed by atoms with van der Waals surface area (Å²) < 4.78 is 17.2. The molecule has 0 fully saturated rings. The van der Waals surface area contributed by atoms with Crippen LogP contribution in [0.3, 0.4) is 0 Å². The van der Waals surface area contributed by atoms with Gasteiger partial charge in [0, 0.05) is 0 Å². The van der Waals surface area contributed by atoms with E-state index in [-0.39, 0.29) is 11.8 Å². The van der Waals surface area contributed by atoms with E-state index in [9.17, 15) is 14.4 Å². The average molecular weight is 343 g/mol. The fourth-order valence-electron chi connectivity index (χ4n) is 2.63. The van der Waals surface area contributed by atoms with Gasteiger partial charge in [-0.2, -0.15) is 0 Å². The average Bonchev–Trinajstić information content (AvgIpc) is 3.10. The second kappa shape index (κ2) is 7.16. The molecule has 0 radical (unpaired) electrons. The smallest absolute Gasteiger partial charge is 0.350 e. The van der Waals surface area contributed by atoms with Crippen LogP contribution in [0.2, 0.25) is 0 Å². The molecular weight excluding hydrogens is 325 g/mol. The highest BCUT2D eigenvalue weighted by Gasteiger charge is 2.35. The van der Waals surface area contributed by atoms with E-state index in [1.165, 1.54) is 6.26 Å². The molecule has 0 bridgehead atoms. The Morgan fingerprint density at radius 3 is 1.79 bits per heavy atom. The fraction of sp³-hybridized carbons (Fsp3) is 0.111. The van der Waals surface area contributed by atoms with Gasteiger partial charge in [0.2, 0.25) is 0 Å². The van der Waals surface area contributed by atoms with E-state index in [0.717, 1.165) is 11.1 Å². The third-order valence-electron chi connectivity index (χ3n) is 3.74. The number of hydrogen-bond donors (Lipinski definition) is 3. The van der Waals surface area contributed by atoms with Crippen molar-refractivity contribution in [3.05, 3.63) is 95.9 Å². The zero-order valence-corrected chi connectivity index (χ0v) is 13.7. The molecule has 0 spiro atoms. The summed E-state index contributed by atoms with van der Waals surface area (Å²) in [5.41, 5.74) is 1.82. The van der Waals surface area contributed by atoms with Crippen molar-refractivity contribution in [1.29, 1.82) is 0 Å². The van der Waals surface area contributed by atoms with E-state index in [2.05, 4.69) is 5.32 Å². The molecule has 124 valence electrons. The second-order valence-corrected chi connectivity index (χ2v) is 7.12. The number of benzene rings is 2. The Kier molecular flexibility index (Phi) is 4.97. The number of furan rings is 1. The summed E-state index contributed by atoms with van der Waals surface area (Å²) in [5, 5.41) is 3.07. The van der Waals surface area contributed by atoms with Crippen LogP contribution >= 0.6 is 7.60 Å². The summed E-state index contributed by atoms with van der Waals surface area (Å²) in [5.74, 6) is -1.02. The summed E-state index contributed by atoms with van der Waals surface area (Å²) >= 11 is 0. The van der Waals surface area contributed by atoms with Gasteiger partial charge in [-0.15, -0.1) is 0 Å². The van der Waals surface area contributed by atoms with Crippen molar-refractivity contribution in [2.45, 2.75) is 11.8 Å². The van der Waals surface area contributed by atoms with Crippen molar-refractivity contribution >= 4 is 7.60 Å². The quantitative estimate of drug-likeness (QED) is 0.593. The van der Waals surface area contributed by atoms with Gasteiger partial charge in [-0.25, -0.2) is 0 Å². The van der Waals surface area contributed by atoms with Crippen molar-refractivity contribution in [3.8, 4) is 0 Å². The van der Waals surface area contributed by atoms with Crippen molar-refractivity contribution < 1.29 is 18.8 Å². The van der Waals surface area contributed by atoms with Crippen molar-refractivity contribution in [2.75, 3.05) is 0 Å². The molecule has 0 aliphatic heterocycles. The Bertz CT molecular complexity index is 760. The molecule has 24 heavy (non-hydrogen) atoms. The Labute approximate surface area is 140 Å². The van der Waals surface area contributed by atoms with Gasteiger partial charge in [0.25, 0.3) is 0 Å². The Hall–Kier alpha value is -2.17. The molecule has 1 aromatic heterocycles. The molecule has 3 aromatic rings. The second-order valence-electron chi connectivity index (χ2n) is 5.43. The maximum atomic E-state index is 12.0. The SMILES string of the molecule is O=P(O)(O)C(NC(c1ccccc1)c1ccccc1)c1ccco1. The van der Waals surface area contributed by atoms with Crippen LogP contribution in [0.1, 0.15) is 28.7 Å². The molecule has 0 aliphatic carbocycles. The van der Waals surface area contributed by atoms with Crippen molar-refractivity contribution in [2.24, 2.45) is 0 Å². The first-order chi connectivity index (χ1) is 11.6. The van der Waals surface area contributed by atoms with Crippen LogP contribution in [0.25, 0.3) is 0 Å². The van der Waals surface area contributed by atoms with E-state index in [0.29, 0.717) is 0 Å². The first-order valence-electron chi connectivity index (χ1n) is 7.50. The molecule has 3 N–H and O–H groups in total. The minimum atomic E-state index is -4.46. The van der Waals surface area contributed by atoms with Crippen LogP contribution in [-0.2, 0) is 4.57 Å². The minimum absolute atomic E-state index is 0.209. The minimum Gasteiger partial charge on any atom is -0.467 e. The lowest BCUT2D eigenvalue weighted by molar-refractivity contribution is 0.327. The standard InChI is InChI=1S/C18H18NO4P/c20-24(21,22)18(16-12-7-13-23-16)19-17(14-8-3-1-4-9-14)15-10-5-2-6-11-15/h1-13,17-19H,(H2,20,21,22). The highest BCUT2D eigenvalue weighted by Crippen LogP contribution is 2.51. The van der Waals surface area contributed by atoms with Gasteiger partial charge in [0.1, 0.15) is 5.76 Å². The van der Waals surface area contributed by atoms with Crippen LogP contribution in [0, 0.1) is 0 Å². The van der Waals surface area contributed by atoms with Gasteiger partial charge < -0.3 is 14.2 Å². The van der Waals surface area contributed by atoms with Crippen LogP contribution in [0.15, 0.2) is 83.5 Å². The highest BCUT2D eigenvalue weighted by molar-refractivity contribution is 7.52. The summed E-state index contributed by atoms with van der Waals surface area (Å²) in [4.78, 5) is 19.6. The molecule has 2 aromatic carbocycles. The molecule has 0 amide bonds. The van der Waals surface area contributed by atoms with E-state index >= 15 is 0 Å². The van der Waals surface area contributed by atoms with Crippen LogP contribution < -0.4 is 5.32 Å². The van der Waals surface area contributed by atoms with Gasteiger partial charge in [-0.1, -0.05) is 60.7 Å². The fourth-order valence-corrected chi connectivity index (χ4v) is 3.45. The Balaban J connectivity index is 2.01. The molecule has 0 saturated carbocycles. The number of nitrogens with one attached hydrogen (secondary N) is 1.